The van der Waals surface area contributed by atoms with Crippen LogP contribution in [0.15, 0.2) is 24.3 Å². The molecule has 1 aromatic carbocycles. The zero-order valence-electron chi connectivity index (χ0n) is 12.1. The Bertz CT molecular complexity index is 355. The Labute approximate surface area is 117 Å². The summed E-state index contributed by atoms with van der Waals surface area (Å²) in [4.78, 5) is 5.11. The zero-order chi connectivity index (χ0) is 13.5. The Morgan fingerprint density at radius 2 is 1.84 bits per heavy atom. The lowest BCUT2D eigenvalue weighted by molar-refractivity contribution is 0.248. The van der Waals surface area contributed by atoms with Gasteiger partial charge in [0.15, 0.2) is 0 Å². The molecule has 3 nitrogen and oxygen atoms in total. The van der Waals surface area contributed by atoms with E-state index in [4.69, 9.17) is 5.73 Å². The predicted octanol–water partition coefficient (Wildman–Crippen LogP) is 2.58. The number of hydrogen-bond acceptors (Lipinski definition) is 3. The normalized spacial score (nSPS) is 16.3. The molecule has 1 fully saturated rings. The number of nitrogens with zero attached hydrogens (tertiary/aromatic N) is 2. The second-order valence-corrected chi connectivity index (χ2v) is 5.51. The van der Waals surface area contributed by atoms with Crippen LogP contribution in [0.2, 0.25) is 0 Å². The summed E-state index contributed by atoms with van der Waals surface area (Å²) in [5.41, 5.74) is 7.93. The Morgan fingerprint density at radius 3 is 2.47 bits per heavy atom. The van der Waals surface area contributed by atoms with Gasteiger partial charge in [0.2, 0.25) is 0 Å². The molecule has 106 valence electrons. The number of benzene rings is 1. The van der Waals surface area contributed by atoms with Gasteiger partial charge in [-0.3, -0.25) is 4.90 Å². The van der Waals surface area contributed by atoms with Gasteiger partial charge in [-0.25, -0.2) is 0 Å². The first-order chi connectivity index (χ1) is 9.28. The third-order valence-electron chi connectivity index (χ3n) is 3.98. The minimum absolute atomic E-state index is 0.848. The third kappa shape index (κ3) is 4.84. The summed E-state index contributed by atoms with van der Waals surface area (Å²) in [7, 11) is 0. The van der Waals surface area contributed by atoms with Crippen LogP contribution >= 0.6 is 0 Å². The molecule has 1 aliphatic heterocycles. The molecule has 3 heteroatoms. The van der Waals surface area contributed by atoms with Gasteiger partial charge >= 0.3 is 0 Å². The number of hydrogen-bond donors (Lipinski definition) is 1. The van der Waals surface area contributed by atoms with Crippen molar-refractivity contribution >= 4 is 5.69 Å². The average molecular weight is 261 g/mol. The standard InChI is InChI=1S/C16H27N3/c1-2-18(12-5-13-19-10-3-4-11-19)14-15-6-8-16(17)9-7-15/h6-9H,2-5,10-14,17H2,1H3. The highest BCUT2D eigenvalue weighted by Crippen LogP contribution is 2.10. The lowest BCUT2D eigenvalue weighted by Gasteiger charge is -2.22. The minimum atomic E-state index is 0.848. The van der Waals surface area contributed by atoms with Crippen molar-refractivity contribution in [3.05, 3.63) is 29.8 Å². The van der Waals surface area contributed by atoms with Crippen molar-refractivity contribution in [1.29, 1.82) is 0 Å². The van der Waals surface area contributed by atoms with Gasteiger partial charge in [0, 0.05) is 12.2 Å². The van der Waals surface area contributed by atoms with Crippen LogP contribution in [0.3, 0.4) is 0 Å². The van der Waals surface area contributed by atoms with E-state index in [0.717, 1.165) is 18.8 Å². The summed E-state index contributed by atoms with van der Waals surface area (Å²) in [6.45, 7) is 9.47. The van der Waals surface area contributed by atoms with E-state index in [2.05, 4.69) is 28.9 Å². The molecule has 0 saturated carbocycles. The van der Waals surface area contributed by atoms with Gasteiger partial charge in [0.25, 0.3) is 0 Å². The maximum absolute atomic E-state index is 5.72. The molecule has 1 heterocycles. The highest BCUT2D eigenvalue weighted by Gasteiger charge is 2.11. The quantitative estimate of drug-likeness (QED) is 0.766. The molecule has 0 radical (unpaired) electrons. The smallest absolute Gasteiger partial charge is 0.0314 e. The zero-order valence-corrected chi connectivity index (χ0v) is 12.1. The summed E-state index contributed by atoms with van der Waals surface area (Å²) in [5.74, 6) is 0. The molecule has 0 aliphatic carbocycles. The summed E-state index contributed by atoms with van der Waals surface area (Å²) >= 11 is 0. The maximum atomic E-state index is 5.72. The van der Waals surface area contributed by atoms with E-state index in [1.165, 1.54) is 51.0 Å². The van der Waals surface area contributed by atoms with Crippen LogP contribution in [0, 0.1) is 0 Å². The fourth-order valence-electron chi connectivity index (χ4n) is 2.75. The lowest BCUT2D eigenvalue weighted by atomic mass is 10.2. The Kier molecular flexibility index (Phi) is 5.67. The molecule has 1 saturated heterocycles. The van der Waals surface area contributed by atoms with E-state index in [1.807, 2.05) is 12.1 Å². The van der Waals surface area contributed by atoms with Crippen LogP contribution in [0.1, 0.15) is 31.7 Å². The second kappa shape index (κ2) is 7.51. The van der Waals surface area contributed by atoms with Crippen molar-refractivity contribution in [1.82, 2.24) is 9.80 Å². The molecular weight excluding hydrogens is 234 g/mol. The lowest BCUT2D eigenvalue weighted by Crippen LogP contribution is -2.28. The van der Waals surface area contributed by atoms with Gasteiger partial charge in [-0.1, -0.05) is 19.1 Å². The Morgan fingerprint density at radius 1 is 1.16 bits per heavy atom. The van der Waals surface area contributed by atoms with Crippen molar-refractivity contribution < 1.29 is 0 Å². The van der Waals surface area contributed by atoms with Gasteiger partial charge in [-0.05, 0) is 69.7 Å². The van der Waals surface area contributed by atoms with Crippen LogP contribution in [0.5, 0.6) is 0 Å². The molecule has 0 aromatic heterocycles. The number of nitrogens with two attached hydrogens (primary N) is 1. The molecular formula is C16H27N3. The van der Waals surface area contributed by atoms with Gasteiger partial charge in [-0.15, -0.1) is 0 Å². The minimum Gasteiger partial charge on any atom is -0.399 e. The van der Waals surface area contributed by atoms with E-state index in [1.54, 1.807) is 0 Å². The Hall–Kier alpha value is -1.06. The molecule has 0 spiro atoms. The van der Waals surface area contributed by atoms with Crippen molar-refractivity contribution in [2.45, 2.75) is 32.7 Å². The summed E-state index contributed by atoms with van der Waals surface area (Å²) in [5, 5.41) is 0. The van der Waals surface area contributed by atoms with Crippen molar-refractivity contribution in [3.63, 3.8) is 0 Å². The summed E-state index contributed by atoms with van der Waals surface area (Å²) < 4.78 is 0. The molecule has 19 heavy (non-hydrogen) atoms. The highest BCUT2D eigenvalue weighted by atomic mass is 15.2. The summed E-state index contributed by atoms with van der Waals surface area (Å²) in [6.07, 6.45) is 4.06. The van der Waals surface area contributed by atoms with Crippen LogP contribution < -0.4 is 5.73 Å². The summed E-state index contributed by atoms with van der Waals surface area (Å²) in [6, 6.07) is 8.26. The van der Waals surface area contributed by atoms with Gasteiger partial charge in [-0.2, -0.15) is 0 Å². The molecule has 0 atom stereocenters. The second-order valence-electron chi connectivity index (χ2n) is 5.51. The highest BCUT2D eigenvalue weighted by molar-refractivity contribution is 5.39. The number of likely N-dealkylation sites (tertiary alicyclic amines) is 1. The predicted molar refractivity (Wildman–Crippen MR) is 82.1 cm³/mol. The topological polar surface area (TPSA) is 32.5 Å². The monoisotopic (exact) mass is 261 g/mol. The fraction of sp³-hybridized carbons (Fsp3) is 0.625. The molecule has 1 aromatic rings. The molecule has 1 aliphatic rings. The average Bonchev–Trinajstić information content (AvgIpc) is 2.93. The first-order valence-electron chi connectivity index (χ1n) is 7.57. The van der Waals surface area contributed by atoms with E-state index in [9.17, 15) is 0 Å². The largest absolute Gasteiger partial charge is 0.399 e. The van der Waals surface area contributed by atoms with E-state index < -0.39 is 0 Å². The first kappa shape index (κ1) is 14.4. The molecule has 2 N–H and O–H groups in total. The maximum Gasteiger partial charge on any atom is 0.0314 e. The van der Waals surface area contributed by atoms with E-state index in [-0.39, 0.29) is 0 Å². The first-order valence-corrected chi connectivity index (χ1v) is 7.57. The number of anilines is 1. The molecule has 0 bridgehead atoms. The molecule has 0 amide bonds. The number of nitrogen functional groups attached to an aromatic ring is 1. The van der Waals surface area contributed by atoms with Crippen molar-refractivity contribution in [2.75, 3.05) is 38.5 Å². The Balaban J connectivity index is 1.71. The number of rotatable bonds is 7. The van der Waals surface area contributed by atoms with Gasteiger partial charge < -0.3 is 10.6 Å². The van der Waals surface area contributed by atoms with Crippen LogP contribution in [0.4, 0.5) is 5.69 Å². The fourth-order valence-corrected chi connectivity index (χ4v) is 2.75. The van der Waals surface area contributed by atoms with E-state index >= 15 is 0 Å². The van der Waals surface area contributed by atoms with Crippen molar-refractivity contribution in [3.8, 4) is 0 Å². The molecule has 0 unspecified atom stereocenters. The van der Waals surface area contributed by atoms with Crippen LogP contribution in [0.25, 0.3) is 0 Å². The SMILES string of the molecule is CCN(CCCN1CCCC1)Cc1ccc(N)cc1. The molecule has 2 rings (SSSR count). The van der Waals surface area contributed by atoms with Gasteiger partial charge in [0.1, 0.15) is 0 Å². The van der Waals surface area contributed by atoms with Crippen LogP contribution in [-0.4, -0.2) is 42.5 Å². The van der Waals surface area contributed by atoms with Crippen molar-refractivity contribution in [2.24, 2.45) is 0 Å². The third-order valence-corrected chi connectivity index (χ3v) is 3.98. The van der Waals surface area contributed by atoms with Gasteiger partial charge in [0.05, 0.1) is 0 Å². The van der Waals surface area contributed by atoms with Crippen LogP contribution in [-0.2, 0) is 6.54 Å². The van der Waals surface area contributed by atoms with E-state index in [0.29, 0.717) is 0 Å².